The van der Waals surface area contributed by atoms with Crippen LogP contribution in [0.2, 0.25) is 5.02 Å². The SMILES string of the molecule is CC[C@H](Oc1ccc(Cl)cc1C(F)(F)F)[C@H]1CCNC1. The monoisotopic (exact) mass is 307 g/mol. The zero-order valence-corrected chi connectivity index (χ0v) is 11.9. The summed E-state index contributed by atoms with van der Waals surface area (Å²) in [4.78, 5) is 0. The van der Waals surface area contributed by atoms with Gasteiger partial charge in [-0.05, 0) is 37.6 Å². The molecule has 0 radical (unpaired) electrons. The molecule has 1 fully saturated rings. The number of hydrogen-bond acceptors (Lipinski definition) is 2. The van der Waals surface area contributed by atoms with Gasteiger partial charge in [0.15, 0.2) is 0 Å². The number of ether oxygens (including phenoxy) is 1. The maximum absolute atomic E-state index is 13.0. The van der Waals surface area contributed by atoms with Gasteiger partial charge in [-0.2, -0.15) is 13.2 Å². The molecule has 0 saturated carbocycles. The van der Waals surface area contributed by atoms with E-state index in [0.717, 1.165) is 25.6 Å². The minimum Gasteiger partial charge on any atom is -0.489 e. The number of alkyl halides is 3. The van der Waals surface area contributed by atoms with E-state index < -0.39 is 11.7 Å². The van der Waals surface area contributed by atoms with Gasteiger partial charge in [-0.15, -0.1) is 0 Å². The highest BCUT2D eigenvalue weighted by molar-refractivity contribution is 6.30. The second-order valence-corrected chi connectivity index (χ2v) is 5.39. The fourth-order valence-corrected chi connectivity index (χ4v) is 2.67. The molecular weight excluding hydrogens is 291 g/mol. The summed E-state index contributed by atoms with van der Waals surface area (Å²) in [6.07, 6.45) is -3.08. The van der Waals surface area contributed by atoms with Crippen LogP contribution in [0.15, 0.2) is 18.2 Å². The zero-order valence-electron chi connectivity index (χ0n) is 11.1. The van der Waals surface area contributed by atoms with Gasteiger partial charge < -0.3 is 10.1 Å². The van der Waals surface area contributed by atoms with Crippen LogP contribution in [0.4, 0.5) is 13.2 Å². The minimum atomic E-state index is -4.47. The van der Waals surface area contributed by atoms with Gasteiger partial charge in [-0.1, -0.05) is 18.5 Å². The Bertz CT molecular complexity index is 458. The Labute approximate surface area is 121 Å². The Morgan fingerprint density at radius 3 is 2.75 bits per heavy atom. The third-order valence-corrected chi connectivity index (χ3v) is 3.79. The molecule has 0 unspecified atom stereocenters. The largest absolute Gasteiger partial charge is 0.489 e. The molecule has 1 aliphatic heterocycles. The summed E-state index contributed by atoms with van der Waals surface area (Å²) in [6, 6.07) is 3.64. The standard InChI is InChI=1S/C14H17ClF3NO/c1-2-12(9-5-6-19-8-9)20-13-4-3-10(15)7-11(13)14(16,17)18/h3-4,7,9,12,19H,2,5-6,8H2,1H3/t9-,12-/m0/s1. The van der Waals surface area contributed by atoms with Crippen molar-refractivity contribution in [2.75, 3.05) is 13.1 Å². The van der Waals surface area contributed by atoms with Crippen molar-refractivity contribution in [3.63, 3.8) is 0 Å². The van der Waals surface area contributed by atoms with Gasteiger partial charge >= 0.3 is 6.18 Å². The minimum absolute atomic E-state index is 0.0558. The fourth-order valence-electron chi connectivity index (χ4n) is 2.50. The summed E-state index contributed by atoms with van der Waals surface area (Å²) in [7, 11) is 0. The summed E-state index contributed by atoms with van der Waals surface area (Å²) in [5.74, 6) is 0.109. The summed E-state index contributed by atoms with van der Waals surface area (Å²) in [6.45, 7) is 3.59. The first-order valence-electron chi connectivity index (χ1n) is 6.66. The van der Waals surface area contributed by atoms with Gasteiger partial charge in [0.2, 0.25) is 0 Å². The molecule has 2 nitrogen and oxygen atoms in total. The first kappa shape index (κ1) is 15.4. The van der Waals surface area contributed by atoms with Gasteiger partial charge in [0.1, 0.15) is 11.9 Å². The van der Waals surface area contributed by atoms with Crippen LogP contribution in [0.3, 0.4) is 0 Å². The van der Waals surface area contributed by atoms with E-state index in [1.54, 1.807) is 0 Å². The van der Waals surface area contributed by atoms with Crippen molar-refractivity contribution in [3.8, 4) is 5.75 Å². The van der Waals surface area contributed by atoms with Crippen molar-refractivity contribution in [1.29, 1.82) is 0 Å². The van der Waals surface area contributed by atoms with Crippen molar-refractivity contribution < 1.29 is 17.9 Å². The fraction of sp³-hybridized carbons (Fsp3) is 0.571. The van der Waals surface area contributed by atoms with Crippen molar-refractivity contribution in [3.05, 3.63) is 28.8 Å². The molecule has 1 N–H and O–H groups in total. The predicted molar refractivity (Wildman–Crippen MR) is 72.1 cm³/mol. The Kier molecular flexibility index (Phi) is 4.81. The molecule has 112 valence electrons. The van der Waals surface area contributed by atoms with Crippen LogP contribution in [0, 0.1) is 5.92 Å². The third-order valence-electron chi connectivity index (χ3n) is 3.55. The second-order valence-electron chi connectivity index (χ2n) is 4.96. The van der Waals surface area contributed by atoms with Gasteiger partial charge in [-0.3, -0.25) is 0 Å². The highest BCUT2D eigenvalue weighted by Gasteiger charge is 2.36. The van der Waals surface area contributed by atoms with Crippen LogP contribution in [0.1, 0.15) is 25.3 Å². The number of rotatable bonds is 4. The average molecular weight is 308 g/mol. The highest BCUT2D eigenvalue weighted by atomic mass is 35.5. The summed E-state index contributed by atoms with van der Waals surface area (Å²) in [5, 5.41) is 3.26. The van der Waals surface area contributed by atoms with Crippen LogP contribution in [-0.4, -0.2) is 19.2 Å². The van der Waals surface area contributed by atoms with Crippen LogP contribution >= 0.6 is 11.6 Å². The van der Waals surface area contributed by atoms with E-state index in [0.29, 0.717) is 6.42 Å². The van der Waals surface area contributed by atoms with Crippen LogP contribution < -0.4 is 10.1 Å². The number of nitrogens with one attached hydrogen (secondary N) is 1. The lowest BCUT2D eigenvalue weighted by molar-refractivity contribution is -0.139. The van der Waals surface area contributed by atoms with Crippen molar-refractivity contribution >= 4 is 11.6 Å². The lowest BCUT2D eigenvalue weighted by Crippen LogP contribution is -2.29. The highest BCUT2D eigenvalue weighted by Crippen LogP contribution is 2.39. The molecule has 0 aromatic heterocycles. The van der Waals surface area contributed by atoms with Crippen LogP contribution in [0.25, 0.3) is 0 Å². The van der Waals surface area contributed by atoms with E-state index in [9.17, 15) is 13.2 Å². The van der Waals surface area contributed by atoms with E-state index >= 15 is 0 Å². The average Bonchev–Trinajstić information content (AvgIpc) is 2.90. The van der Waals surface area contributed by atoms with E-state index in [4.69, 9.17) is 16.3 Å². The Morgan fingerprint density at radius 2 is 2.20 bits per heavy atom. The third kappa shape index (κ3) is 3.58. The molecular formula is C14H17ClF3NO. The summed E-state index contributed by atoms with van der Waals surface area (Å²) in [5.41, 5.74) is -0.811. The molecule has 1 saturated heterocycles. The molecule has 20 heavy (non-hydrogen) atoms. The molecule has 0 amide bonds. The van der Waals surface area contributed by atoms with Crippen molar-refractivity contribution in [2.45, 2.75) is 32.0 Å². The number of benzene rings is 1. The van der Waals surface area contributed by atoms with E-state index in [1.165, 1.54) is 12.1 Å². The molecule has 1 aromatic carbocycles. The van der Waals surface area contributed by atoms with E-state index in [-0.39, 0.29) is 22.8 Å². The van der Waals surface area contributed by atoms with E-state index in [2.05, 4.69) is 5.32 Å². The van der Waals surface area contributed by atoms with Gasteiger partial charge in [0.05, 0.1) is 5.56 Å². The van der Waals surface area contributed by atoms with Gasteiger partial charge in [0.25, 0.3) is 0 Å². The number of hydrogen-bond donors (Lipinski definition) is 1. The molecule has 1 heterocycles. The second kappa shape index (κ2) is 6.22. The lowest BCUT2D eigenvalue weighted by Gasteiger charge is -2.25. The first-order chi connectivity index (χ1) is 9.41. The van der Waals surface area contributed by atoms with Gasteiger partial charge in [-0.25, -0.2) is 0 Å². The topological polar surface area (TPSA) is 21.3 Å². The molecule has 0 aliphatic carbocycles. The van der Waals surface area contributed by atoms with Crippen molar-refractivity contribution in [1.82, 2.24) is 5.32 Å². The molecule has 2 atom stereocenters. The Hall–Kier alpha value is -0.940. The number of halogens is 4. The maximum Gasteiger partial charge on any atom is 0.420 e. The molecule has 1 aliphatic rings. The van der Waals surface area contributed by atoms with Crippen LogP contribution in [-0.2, 0) is 6.18 Å². The van der Waals surface area contributed by atoms with Crippen molar-refractivity contribution in [2.24, 2.45) is 5.92 Å². The maximum atomic E-state index is 13.0. The summed E-state index contributed by atoms with van der Waals surface area (Å²) >= 11 is 5.65. The zero-order chi connectivity index (χ0) is 14.8. The first-order valence-corrected chi connectivity index (χ1v) is 7.03. The normalized spacial score (nSPS) is 20.9. The molecule has 6 heteroatoms. The van der Waals surface area contributed by atoms with Gasteiger partial charge in [0, 0.05) is 17.5 Å². The Morgan fingerprint density at radius 1 is 1.45 bits per heavy atom. The quantitative estimate of drug-likeness (QED) is 0.903. The Balaban J connectivity index is 2.23. The molecule has 0 bridgehead atoms. The molecule has 0 spiro atoms. The predicted octanol–water partition coefficient (Wildman–Crippen LogP) is 4.13. The van der Waals surface area contributed by atoms with E-state index in [1.807, 2.05) is 6.92 Å². The molecule has 2 rings (SSSR count). The van der Waals surface area contributed by atoms with Crippen LogP contribution in [0.5, 0.6) is 5.75 Å². The smallest absolute Gasteiger partial charge is 0.420 e. The lowest BCUT2D eigenvalue weighted by atomic mass is 9.99. The molecule has 1 aromatic rings. The summed E-state index contributed by atoms with van der Waals surface area (Å²) < 4.78 is 44.7.